The highest BCUT2D eigenvalue weighted by molar-refractivity contribution is 7.99. The standard InChI is InChI=1S/C21H22N6O2S2/c1-13-9-10-17(29-4)16(11-13)27-21(23-24-25-27)30-12-19(28)26(3)14(2)20-22-15-7-5-6-8-18(15)31-20/h5-11,14H,12H2,1-4H3/t14-/m0/s1. The number of hydrogen-bond donors (Lipinski definition) is 0. The van der Waals surface area contributed by atoms with Gasteiger partial charge in [-0.25, -0.2) is 4.98 Å². The largest absolute Gasteiger partial charge is 0.494 e. The van der Waals surface area contributed by atoms with Crippen LogP contribution in [0.2, 0.25) is 0 Å². The number of amides is 1. The molecule has 0 radical (unpaired) electrons. The molecular formula is C21H22N6O2S2. The summed E-state index contributed by atoms with van der Waals surface area (Å²) in [5.41, 5.74) is 2.75. The summed E-state index contributed by atoms with van der Waals surface area (Å²) in [7, 11) is 3.40. The second-order valence-corrected chi connectivity index (χ2v) is 9.04. The zero-order valence-corrected chi connectivity index (χ0v) is 19.3. The van der Waals surface area contributed by atoms with Gasteiger partial charge in [-0.1, -0.05) is 30.0 Å². The van der Waals surface area contributed by atoms with Crippen molar-refractivity contribution >= 4 is 39.2 Å². The third-order valence-corrected chi connectivity index (χ3v) is 7.08. The second kappa shape index (κ2) is 9.03. The van der Waals surface area contributed by atoms with E-state index in [1.165, 1.54) is 11.8 Å². The van der Waals surface area contributed by atoms with Gasteiger partial charge in [0.1, 0.15) is 16.4 Å². The Bertz CT molecular complexity index is 1190. The van der Waals surface area contributed by atoms with E-state index in [9.17, 15) is 4.79 Å². The molecule has 2 aromatic carbocycles. The lowest BCUT2D eigenvalue weighted by Crippen LogP contribution is -2.31. The van der Waals surface area contributed by atoms with Crippen LogP contribution in [-0.2, 0) is 4.79 Å². The van der Waals surface area contributed by atoms with Crippen LogP contribution < -0.4 is 4.74 Å². The number of thiazole rings is 1. The first-order valence-electron chi connectivity index (χ1n) is 9.65. The Hall–Kier alpha value is -2.98. The fraction of sp³-hybridized carbons (Fsp3) is 0.286. The molecule has 8 nitrogen and oxygen atoms in total. The van der Waals surface area contributed by atoms with Crippen molar-refractivity contribution in [2.75, 3.05) is 19.9 Å². The third kappa shape index (κ3) is 4.40. The van der Waals surface area contributed by atoms with Crippen molar-refractivity contribution < 1.29 is 9.53 Å². The molecule has 4 rings (SSSR count). The lowest BCUT2D eigenvalue weighted by Gasteiger charge is -2.23. The minimum atomic E-state index is -0.127. The molecule has 10 heteroatoms. The van der Waals surface area contributed by atoms with E-state index in [-0.39, 0.29) is 17.7 Å². The zero-order valence-electron chi connectivity index (χ0n) is 17.6. The Morgan fingerprint density at radius 2 is 2.10 bits per heavy atom. The van der Waals surface area contributed by atoms with E-state index in [0.29, 0.717) is 10.9 Å². The summed E-state index contributed by atoms with van der Waals surface area (Å²) < 4.78 is 8.16. The maximum atomic E-state index is 12.9. The number of para-hydroxylation sites is 1. The van der Waals surface area contributed by atoms with Crippen LogP contribution in [0.15, 0.2) is 47.6 Å². The maximum absolute atomic E-state index is 12.9. The number of hydrogen-bond acceptors (Lipinski definition) is 8. The van der Waals surface area contributed by atoms with Gasteiger partial charge < -0.3 is 9.64 Å². The smallest absolute Gasteiger partial charge is 0.233 e. The molecule has 1 amide bonds. The number of benzene rings is 2. The van der Waals surface area contributed by atoms with Crippen molar-refractivity contribution in [3.63, 3.8) is 0 Å². The van der Waals surface area contributed by atoms with Crippen molar-refractivity contribution in [1.29, 1.82) is 0 Å². The van der Waals surface area contributed by atoms with Gasteiger partial charge in [0.15, 0.2) is 0 Å². The summed E-state index contributed by atoms with van der Waals surface area (Å²) in [5.74, 6) is 0.843. The number of rotatable bonds is 7. The fourth-order valence-electron chi connectivity index (χ4n) is 3.06. The van der Waals surface area contributed by atoms with Crippen LogP contribution in [0.4, 0.5) is 0 Å². The van der Waals surface area contributed by atoms with Crippen LogP contribution in [0.5, 0.6) is 5.75 Å². The predicted octanol–water partition coefficient (Wildman–Crippen LogP) is 3.90. The number of nitrogens with zero attached hydrogens (tertiary/aromatic N) is 6. The van der Waals surface area contributed by atoms with E-state index in [1.807, 2.05) is 56.3 Å². The van der Waals surface area contributed by atoms with E-state index in [1.54, 1.807) is 35.1 Å². The van der Waals surface area contributed by atoms with Gasteiger partial charge in [0.2, 0.25) is 11.1 Å². The Morgan fingerprint density at radius 3 is 2.87 bits per heavy atom. The molecule has 160 valence electrons. The molecule has 0 spiro atoms. The molecule has 0 fully saturated rings. The summed E-state index contributed by atoms with van der Waals surface area (Å²) in [6, 6.07) is 13.6. The highest BCUT2D eigenvalue weighted by atomic mass is 32.2. The summed E-state index contributed by atoms with van der Waals surface area (Å²) in [5, 5.41) is 13.4. The zero-order chi connectivity index (χ0) is 22.0. The molecule has 31 heavy (non-hydrogen) atoms. The number of thioether (sulfide) groups is 1. The molecule has 1 atom stereocenters. The summed E-state index contributed by atoms with van der Waals surface area (Å²) in [6.07, 6.45) is 0. The monoisotopic (exact) mass is 454 g/mol. The third-order valence-electron chi connectivity index (χ3n) is 4.97. The topological polar surface area (TPSA) is 86.0 Å². The Labute approximate surface area is 188 Å². The number of aromatic nitrogens is 5. The van der Waals surface area contributed by atoms with Crippen molar-refractivity contribution in [3.8, 4) is 11.4 Å². The first-order chi connectivity index (χ1) is 15.0. The number of ether oxygens (including phenoxy) is 1. The number of methoxy groups -OCH3 is 1. The maximum Gasteiger partial charge on any atom is 0.233 e. The number of carbonyl (C=O) groups excluding carboxylic acids is 1. The van der Waals surface area contributed by atoms with Crippen LogP contribution in [0.25, 0.3) is 15.9 Å². The number of carbonyl (C=O) groups is 1. The van der Waals surface area contributed by atoms with Crippen LogP contribution in [0.3, 0.4) is 0 Å². The molecule has 0 aliphatic carbocycles. The highest BCUT2D eigenvalue weighted by Crippen LogP contribution is 2.30. The number of fused-ring (bicyclic) bond motifs is 1. The van der Waals surface area contributed by atoms with E-state index < -0.39 is 0 Å². The van der Waals surface area contributed by atoms with Gasteiger partial charge in [-0.2, -0.15) is 4.68 Å². The van der Waals surface area contributed by atoms with Crippen molar-refractivity contribution in [3.05, 3.63) is 53.0 Å². The molecule has 0 unspecified atom stereocenters. The van der Waals surface area contributed by atoms with E-state index in [0.717, 1.165) is 26.5 Å². The SMILES string of the molecule is COc1ccc(C)cc1-n1nnnc1SCC(=O)N(C)[C@@H](C)c1nc2ccccc2s1. The lowest BCUT2D eigenvalue weighted by atomic mass is 10.2. The van der Waals surface area contributed by atoms with Crippen LogP contribution in [0.1, 0.15) is 23.5 Å². The number of tetrazole rings is 1. The van der Waals surface area contributed by atoms with E-state index >= 15 is 0 Å². The average molecular weight is 455 g/mol. The Balaban J connectivity index is 1.47. The summed E-state index contributed by atoms with van der Waals surface area (Å²) in [4.78, 5) is 19.3. The second-order valence-electron chi connectivity index (χ2n) is 7.04. The Kier molecular flexibility index (Phi) is 6.19. The van der Waals surface area contributed by atoms with Crippen molar-refractivity contribution in [2.24, 2.45) is 0 Å². The average Bonchev–Trinajstić information content (AvgIpc) is 3.43. The minimum Gasteiger partial charge on any atom is -0.494 e. The molecule has 2 heterocycles. The normalized spacial score (nSPS) is 12.1. The van der Waals surface area contributed by atoms with Crippen molar-refractivity contribution in [2.45, 2.75) is 25.0 Å². The van der Waals surface area contributed by atoms with Gasteiger partial charge in [0.25, 0.3) is 0 Å². The van der Waals surface area contributed by atoms with Crippen LogP contribution in [0, 0.1) is 6.92 Å². The summed E-state index contributed by atoms with van der Waals surface area (Å²) >= 11 is 2.90. The lowest BCUT2D eigenvalue weighted by molar-refractivity contribution is -0.128. The van der Waals surface area contributed by atoms with Crippen LogP contribution in [-0.4, -0.2) is 55.9 Å². The Morgan fingerprint density at radius 1 is 1.29 bits per heavy atom. The molecule has 0 saturated heterocycles. The quantitative estimate of drug-likeness (QED) is 0.392. The molecular weight excluding hydrogens is 432 g/mol. The molecule has 0 bridgehead atoms. The van der Waals surface area contributed by atoms with Gasteiger partial charge >= 0.3 is 0 Å². The fourth-order valence-corrected chi connectivity index (χ4v) is 4.93. The molecule has 0 aliphatic heterocycles. The van der Waals surface area contributed by atoms with Gasteiger partial charge in [-0.3, -0.25) is 4.79 Å². The van der Waals surface area contributed by atoms with E-state index in [4.69, 9.17) is 4.74 Å². The minimum absolute atomic E-state index is 0.0255. The molecule has 0 N–H and O–H groups in total. The molecule has 2 aromatic heterocycles. The number of aryl methyl sites for hydroxylation is 1. The van der Waals surface area contributed by atoms with Gasteiger partial charge in [0, 0.05) is 7.05 Å². The predicted molar refractivity (Wildman–Crippen MR) is 122 cm³/mol. The first kappa shape index (κ1) is 21.3. The van der Waals surface area contributed by atoms with Crippen LogP contribution >= 0.6 is 23.1 Å². The van der Waals surface area contributed by atoms with Gasteiger partial charge in [-0.05, 0) is 54.1 Å². The molecule has 0 aliphatic rings. The highest BCUT2D eigenvalue weighted by Gasteiger charge is 2.22. The van der Waals surface area contributed by atoms with Gasteiger partial charge in [0.05, 0.1) is 29.1 Å². The summed E-state index contributed by atoms with van der Waals surface area (Å²) in [6.45, 7) is 3.98. The first-order valence-corrected chi connectivity index (χ1v) is 11.5. The molecule has 4 aromatic rings. The molecule has 0 saturated carbocycles. The van der Waals surface area contributed by atoms with Crippen molar-refractivity contribution in [1.82, 2.24) is 30.1 Å². The van der Waals surface area contributed by atoms with Gasteiger partial charge in [-0.15, -0.1) is 16.4 Å². The van der Waals surface area contributed by atoms with E-state index in [2.05, 4.69) is 20.5 Å².